The van der Waals surface area contributed by atoms with Crippen LogP contribution in [0.25, 0.3) is 11.0 Å². The van der Waals surface area contributed by atoms with Crippen LogP contribution in [0.15, 0.2) is 12.1 Å². The summed E-state index contributed by atoms with van der Waals surface area (Å²) in [6, 6.07) is 4.47. The van der Waals surface area contributed by atoms with Crippen molar-refractivity contribution >= 4 is 23.3 Å². The standard InChI is InChI=1S/C13H16N2O2S/c1-16-11-6-9-10(7-12(11)17-2)15(13(18)14-9)8-4-3-5-8/h6-8H,3-5H2,1-2H3,(H,14,18). The summed E-state index contributed by atoms with van der Waals surface area (Å²) in [6.07, 6.45) is 3.69. The van der Waals surface area contributed by atoms with Crippen LogP contribution in [0, 0.1) is 4.77 Å². The summed E-state index contributed by atoms with van der Waals surface area (Å²) in [5.74, 6) is 1.47. The van der Waals surface area contributed by atoms with E-state index in [1.54, 1.807) is 14.2 Å². The minimum Gasteiger partial charge on any atom is -0.493 e. The maximum atomic E-state index is 5.41. The van der Waals surface area contributed by atoms with Crippen LogP contribution in [0.3, 0.4) is 0 Å². The minimum atomic E-state index is 0.532. The number of fused-ring (bicyclic) bond motifs is 1. The Hall–Kier alpha value is -1.49. The first kappa shape index (κ1) is 11.6. The maximum Gasteiger partial charge on any atom is 0.178 e. The lowest BCUT2D eigenvalue weighted by molar-refractivity contribution is 0.317. The Morgan fingerprint density at radius 3 is 2.44 bits per heavy atom. The van der Waals surface area contributed by atoms with E-state index in [4.69, 9.17) is 21.7 Å². The van der Waals surface area contributed by atoms with Crippen molar-refractivity contribution in [1.82, 2.24) is 9.55 Å². The van der Waals surface area contributed by atoms with E-state index in [2.05, 4.69) is 9.55 Å². The Kier molecular flexibility index (Phi) is 2.78. The predicted molar refractivity (Wildman–Crippen MR) is 73.1 cm³/mol. The number of imidazole rings is 1. The van der Waals surface area contributed by atoms with Crippen LogP contribution in [0.1, 0.15) is 25.3 Å². The molecule has 0 unspecified atom stereocenters. The molecule has 1 aliphatic rings. The predicted octanol–water partition coefficient (Wildman–Crippen LogP) is 3.44. The van der Waals surface area contributed by atoms with Gasteiger partial charge in [0.2, 0.25) is 0 Å². The van der Waals surface area contributed by atoms with Crippen LogP contribution < -0.4 is 9.47 Å². The highest BCUT2D eigenvalue weighted by Crippen LogP contribution is 2.38. The number of nitrogens with one attached hydrogen (secondary N) is 1. The number of ether oxygens (including phenoxy) is 2. The quantitative estimate of drug-likeness (QED) is 0.863. The fourth-order valence-electron chi connectivity index (χ4n) is 2.46. The summed E-state index contributed by atoms with van der Waals surface area (Å²) in [4.78, 5) is 3.24. The number of aromatic nitrogens is 2. The Bertz CT molecular complexity index is 640. The zero-order chi connectivity index (χ0) is 12.7. The van der Waals surface area contributed by atoms with Crippen LogP contribution >= 0.6 is 12.2 Å². The Morgan fingerprint density at radius 1 is 1.22 bits per heavy atom. The van der Waals surface area contributed by atoms with Crippen molar-refractivity contribution < 1.29 is 9.47 Å². The molecule has 0 spiro atoms. The summed E-state index contributed by atoms with van der Waals surface area (Å²) >= 11 is 5.41. The number of benzene rings is 1. The van der Waals surface area contributed by atoms with Crippen LogP contribution in [0.5, 0.6) is 11.5 Å². The van der Waals surface area contributed by atoms with E-state index in [1.807, 2.05) is 12.1 Å². The lowest BCUT2D eigenvalue weighted by Crippen LogP contribution is -2.16. The second-order valence-electron chi connectivity index (χ2n) is 4.61. The van der Waals surface area contributed by atoms with Gasteiger partial charge in [-0.3, -0.25) is 0 Å². The highest BCUT2D eigenvalue weighted by molar-refractivity contribution is 7.71. The summed E-state index contributed by atoms with van der Waals surface area (Å²) < 4.78 is 13.6. The van der Waals surface area contributed by atoms with Crippen LogP contribution in [-0.2, 0) is 0 Å². The van der Waals surface area contributed by atoms with E-state index < -0.39 is 0 Å². The van der Waals surface area contributed by atoms with Gasteiger partial charge in [-0.15, -0.1) is 0 Å². The maximum absolute atomic E-state index is 5.41. The summed E-state index contributed by atoms with van der Waals surface area (Å²) in [6.45, 7) is 0. The molecule has 3 rings (SSSR count). The van der Waals surface area contributed by atoms with Gasteiger partial charge in [-0.1, -0.05) is 0 Å². The van der Waals surface area contributed by atoms with Crippen LogP contribution in [-0.4, -0.2) is 23.8 Å². The van der Waals surface area contributed by atoms with Crippen molar-refractivity contribution in [3.8, 4) is 11.5 Å². The monoisotopic (exact) mass is 264 g/mol. The van der Waals surface area contributed by atoms with Gasteiger partial charge in [0.1, 0.15) is 0 Å². The van der Waals surface area contributed by atoms with Gasteiger partial charge in [-0.25, -0.2) is 0 Å². The van der Waals surface area contributed by atoms with Crippen molar-refractivity contribution in [2.75, 3.05) is 14.2 Å². The molecule has 1 saturated carbocycles. The summed E-state index contributed by atoms with van der Waals surface area (Å²) in [5.41, 5.74) is 2.10. The number of hydrogen-bond donors (Lipinski definition) is 1. The minimum absolute atomic E-state index is 0.532. The van der Waals surface area contributed by atoms with E-state index in [1.165, 1.54) is 19.3 Å². The molecule has 5 heteroatoms. The second kappa shape index (κ2) is 4.31. The largest absolute Gasteiger partial charge is 0.493 e. The number of methoxy groups -OCH3 is 2. The number of hydrogen-bond acceptors (Lipinski definition) is 3. The van der Waals surface area contributed by atoms with Crippen molar-refractivity contribution in [2.24, 2.45) is 0 Å². The first-order valence-corrected chi connectivity index (χ1v) is 6.51. The van der Waals surface area contributed by atoms with Gasteiger partial charge >= 0.3 is 0 Å². The number of aromatic amines is 1. The lowest BCUT2D eigenvalue weighted by Gasteiger charge is -2.27. The van der Waals surface area contributed by atoms with Gasteiger partial charge in [-0.05, 0) is 31.5 Å². The molecule has 0 amide bonds. The van der Waals surface area contributed by atoms with E-state index >= 15 is 0 Å². The molecule has 0 atom stereocenters. The Labute approximate surface area is 111 Å². The normalized spacial score (nSPS) is 15.7. The highest BCUT2D eigenvalue weighted by Gasteiger charge is 2.23. The van der Waals surface area contributed by atoms with Crippen LogP contribution in [0.2, 0.25) is 0 Å². The first-order valence-electron chi connectivity index (χ1n) is 6.11. The topological polar surface area (TPSA) is 39.2 Å². The molecule has 1 N–H and O–H groups in total. The van der Waals surface area contributed by atoms with Gasteiger partial charge in [-0.2, -0.15) is 0 Å². The molecule has 0 bridgehead atoms. The molecule has 0 saturated heterocycles. The molecule has 1 fully saturated rings. The second-order valence-corrected chi connectivity index (χ2v) is 5.00. The zero-order valence-electron chi connectivity index (χ0n) is 10.5. The van der Waals surface area contributed by atoms with Gasteiger partial charge < -0.3 is 19.0 Å². The molecule has 96 valence electrons. The van der Waals surface area contributed by atoms with Crippen molar-refractivity contribution in [3.05, 3.63) is 16.9 Å². The molecule has 2 aromatic rings. The van der Waals surface area contributed by atoms with Crippen molar-refractivity contribution in [1.29, 1.82) is 0 Å². The molecule has 18 heavy (non-hydrogen) atoms. The van der Waals surface area contributed by atoms with E-state index in [9.17, 15) is 0 Å². The summed E-state index contributed by atoms with van der Waals surface area (Å²) in [5, 5.41) is 0. The van der Waals surface area contributed by atoms with E-state index in [0.29, 0.717) is 6.04 Å². The van der Waals surface area contributed by atoms with Crippen molar-refractivity contribution in [2.45, 2.75) is 25.3 Å². The van der Waals surface area contributed by atoms with Gasteiger partial charge in [0.05, 0.1) is 25.3 Å². The fourth-order valence-corrected chi connectivity index (χ4v) is 2.82. The van der Waals surface area contributed by atoms with Gasteiger partial charge in [0.15, 0.2) is 16.3 Å². The molecule has 1 aromatic heterocycles. The van der Waals surface area contributed by atoms with Crippen LogP contribution in [0.4, 0.5) is 0 Å². The third-order valence-corrected chi connectivity index (χ3v) is 3.96. The first-order chi connectivity index (χ1) is 8.74. The average Bonchev–Trinajstić information content (AvgIpc) is 2.62. The molecule has 1 aliphatic carbocycles. The Morgan fingerprint density at radius 2 is 1.89 bits per heavy atom. The van der Waals surface area contributed by atoms with E-state index in [0.717, 1.165) is 27.3 Å². The average molecular weight is 264 g/mol. The SMILES string of the molecule is COc1cc2[nH]c(=S)n(C3CCC3)c2cc1OC. The molecule has 1 aromatic carbocycles. The zero-order valence-corrected chi connectivity index (χ0v) is 11.3. The smallest absolute Gasteiger partial charge is 0.178 e. The van der Waals surface area contributed by atoms with Crippen molar-refractivity contribution in [3.63, 3.8) is 0 Å². The van der Waals surface area contributed by atoms with Gasteiger partial charge in [0, 0.05) is 18.2 Å². The molecular formula is C13H16N2O2S. The molecule has 1 heterocycles. The van der Waals surface area contributed by atoms with Gasteiger partial charge in [0.25, 0.3) is 0 Å². The number of rotatable bonds is 3. The third-order valence-electron chi connectivity index (χ3n) is 3.66. The third kappa shape index (κ3) is 1.61. The Balaban J connectivity index is 2.24. The molecule has 0 radical (unpaired) electrons. The molecule has 4 nitrogen and oxygen atoms in total. The molecular weight excluding hydrogens is 248 g/mol. The molecule has 0 aliphatic heterocycles. The lowest BCUT2D eigenvalue weighted by atomic mass is 9.93. The highest BCUT2D eigenvalue weighted by atomic mass is 32.1. The fraction of sp³-hybridized carbons (Fsp3) is 0.462. The van der Waals surface area contributed by atoms with E-state index in [-0.39, 0.29) is 0 Å². The number of H-pyrrole nitrogens is 1. The number of nitrogens with zero attached hydrogens (tertiary/aromatic N) is 1. The summed E-state index contributed by atoms with van der Waals surface area (Å²) in [7, 11) is 3.29.